The number of hydrogen-bond acceptors (Lipinski definition) is 7. The molecule has 0 radical (unpaired) electrons. The largest absolute Gasteiger partial charge is 0.483 e. The Morgan fingerprint density at radius 3 is 2.78 bits per heavy atom. The van der Waals surface area contributed by atoms with Gasteiger partial charge >= 0.3 is 0 Å². The number of benzene rings is 2. The molecule has 4 rings (SSSR count). The third-order valence-corrected chi connectivity index (χ3v) is 6.27. The van der Waals surface area contributed by atoms with Gasteiger partial charge in [0.05, 0.1) is 17.3 Å². The normalized spacial score (nSPS) is 15.2. The van der Waals surface area contributed by atoms with Crippen LogP contribution in [0.3, 0.4) is 0 Å². The summed E-state index contributed by atoms with van der Waals surface area (Å²) < 4.78 is 10.7. The number of aromatic nitrogens is 1. The number of β-amino-alcohol motifs (C(OH)–C–C–N with tert-alkyl or cyclic N) is 1. The Morgan fingerprint density at radius 1 is 1.17 bits per heavy atom. The summed E-state index contributed by atoms with van der Waals surface area (Å²) in [6.07, 6.45) is 2.82. The quantitative estimate of drug-likeness (QED) is 0.448. The highest BCUT2D eigenvalue weighted by molar-refractivity contribution is 6.02. The summed E-state index contributed by atoms with van der Waals surface area (Å²) in [5.41, 5.74) is 3.38. The van der Waals surface area contributed by atoms with Crippen molar-refractivity contribution in [1.82, 2.24) is 9.88 Å². The number of aliphatic hydroxyl groups excluding tert-OH is 1. The first kappa shape index (κ1) is 25.4. The summed E-state index contributed by atoms with van der Waals surface area (Å²) in [5, 5.41) is 13.4. The standard InChI is InChI=1S/C27H32N4O5/c1-30(14-11-19-6-3-4-8-23(19)31-15-12-20(32)16-31)26(34)18-36-24-10-9-22(29-25(33)17-35-2)27-21(24)7-5-13-28-27/h3-10,13,20,32H,11-12,14-18H2,1-2H3,(H,29,33)/t20-/m0/s1. The molecule has 1 atom stereocenters. The maximum Gasteiger partial charge on any atom is 0.260 e. The van der Waals surface area contributed by atoms with Gasteiger partial charge in [0, 0.05) is 51.1 Å². The zero-order chi connectivity index (χ0) is 25.5. The number of rotatable bonds is 10. The molecule has 0 saturated carbocycles. The van der Waals surface area contributed by atoms with E-state index in [0.29, 0.717) is 41.9 Å². The molecule has 1 aliphatic heterocycles. The molecular weight excluding hydrogens is 460 g/mol. The minimum Gasteiger partial charge on any atom is -0.483 e. The van der Waals surface area contributed by atoms with Crippen molar-refractivity contribution < 1.29 is 24.2 Å². The molecule has 2 N–H and O–H groups in total. The van der Waals surface area contributed by atoms with Crippen molar-refractivity contribution in [3.63, 3.8) is 0 Å². The molecule has 0 aliphatic carbocycles. The van der Waals surface area contributed by atoms with Gasteiger partial charge in [-0.15, -0.1) is 0 Å². The summed E-state index contributed by atoms with van der Waals surface area (Å²) in [6.45, 7) is 1.84. The molecule has 9 nitrogen and oxygen atoms in total. The number of hydrogen-bond donors (Lipinski definition) is 2. The lowest BCUT2D eigenvalue weighted by Crippen LogP contribution is -2.33. The highest BCUT2D eigenvalue weighted by Gasteiger charge is 2.22. The van der Waals surface area contributed by atoms with E-state index in [1.54, 1.807) is 36.3 Å². The average Bonchev–Trinajstić information content (AvgIpc) is 3.33. The molecule has 1 saturated heterocycles. The minimum absolute atomic E-state index is 0.0577. The number of fused-ring (bicyclic) bond motifs is 1. The van der Waals surface area contributed by atoms with Crippen molar-refractivity contribution >= 4 is 34.1 Å². The fourth-order valence-corrected chi connectivity index (χ4v) is 4.34. The highest BCUT2D eigenvalue weighted by Crippen LogP contribution is 2.30. The number of para-hydroxylation sites is 1. The van der Waals surface area contributed by atoms with Crippen LogP contribution in [0.25, 0.3) is 10.9 Å². The summed E-state index contributed by atoms with van der Waals surface area (Å²) >= 11 is 0. The zero-order valence-corrected chi connectivity index (χ0v) is 20.6. The van der Waals surface area contributed by atoms with E-state index in [4.69, 9.17) is 9.47 Å². The lowest BCUT2D eigenvalue weighted by molar-refractivity contribution is -0.132. The Hall–Kier alpha value is -3.69. The van der Waals surface area contributed by atoms with Crippen molar-refractivity contribution in [2.75, 3.05) is 57.2 Å². The number of nitrogens with zero attached hydrogens (tertiary/aromatic N) is 3. The van der Waals surface area contributed by atoms with E-state index < -0.39 is 0 Å². The van der Waals surface area contributed by atoms with Crippen LogP contribution in [-0.2, 0) is 20.7 Å². The van der Waals surface area contributed by atoms with Gasteiger partial charge in [-0.3, -0.25) is 14.6 Å². The number of amides is 2. The maximum atomic E-state index is 12.8. The Kier molecular flexibility index (Phi) is 8.35. The number of carbonyl (C=O) groups excluding carboxylic acids is 2. The third kappa shape index (κ3) is 6.10. The van der Waals surface area contributed by atoms with E-state index in [1.165, 1.54) is 7.11 Å². The summed E-state index contributed by atoms with van der Waals surface area (Å²) in [7, 11) is 3.22. The number of nitrogens with one attached hydrogen (secondary N) is 1. The van der Waals surface area contributed by atoms with Crippen LogP contribution >= 0.6 is 0 Å². The second-order valence-electron chi connectivity index (χ2n) is 8.86. The third-order valence-electron chi connectivity index (χ3n) is 6.27. The van der Waals surface area contributed by atoms with E-state index in [9.17, 15) is 14.7 Å². The Morgan fingerprint density at radius 2 is 2.00 bits per heavy atom. The molecule has 9 heteroatoms. The monoisotopic (exact) mass is 492 g/mol. The van der Waals surface area contributed by atoms with Crippen LogP contribution in [0.4, 0.5) is 11.4 Å². The predicted molar refractivity (Wildman–Crippen MR) is 138 cm³/mol. The van der Waals surface area contributed by atoms with Gasteiger partial charge in [0.1, 0.15) is 12.4 Å². The molecule has 0 unspecified atom stereocenters. The van der Waals surface area contributed by atoms with Gasteiger partial charge in [-0.2, -0.15) is 0 Å². The van der Waals surface area contributed by atoms with E-state index in [0.717, 1.165) is 24.2 Å². The highest BCUT2D eigenvalue weighted by atomic mass is 16.5. The predicted octanol–water partition coefficient (Wildman–Crippen LogP) is 2.47. The van der Waals surface area contributed by atoms with Gasteiger partial charge in [-0.1, -0.05) is 18.2 Å². The Bertz CT molecular complexity index is 1220. The van der Waals surface area contributed by atoms with E-state index in [-0.39, 0.29) is 31.1 Å². The van der Waals surface area contributed by atoms with Gasteiger partial charge < -0.3 is 29.7 Å². The molecule has 2 heterocycles. The Labute approximate surface area is 210 Å². The van der Waals surface area contributed by atoms with Crippen molar-refractivity contribution in [2.24, 2.45) is 0 Å². The van der Waals surface area contributed by atoms with Crippen LogP contribution in [0.2, 0.25) is 0 Å². The summed E-state index contributed by atoms with van der Waals surface area (Å²) in [5.74, 6) is 0.0959. The fourth-order valence-electron chi connectivity index (χ4n) is 4.34. The topological polar surface area (TPSA) is 104 Å². The van der Waals surface area contributed by atoms with Gasteiger partial charge in [-0.25, -0.2) is 0 Å². The summed E-state index contributed by atoms with van der Waals surface area (Å²) in [6, 6.07) is 15.2. The average molecular weight is 493 g/mol. The van der Waals surface area contributed by atoms with Crippen LogP contribution in [0.5, 0.6) is 5.75 Å². The Balaban J connectivity index is 1.37. The second-order valence-corrected chi connectivity index (χ2v) is 8.86. The second kappa shape index (κ2) is 11.8. The number of pyridine rings is 1. The SMILES string of the molecule is COCC(=O)Nc1ccc(OCC(=O)N(C)CCc2ccccc2N2CC[C@H](O)C2)c2cccnc12. The first-order valence-corrected chi connectivity index (χ1v) is 12.0. The number of methoxy groups -OCH3 is 1. The number of likely N-dealkylation sites (N-methyl/N-ethyl adjacent to an activating group) is 1. The first-order valence-electron chi connectivity index (χ1n) is 12.0. The number of carbonyl (C=O) groups is 2. The van der Waals surface area contributed by atoms with Crippen LogP contribution < -0.4 is 15.0 Å². The minimum atomic E-state index is -0.290. The van der Waals surface area contributed by atoms with Gasteiger partial charge in [0.2, 0.25) is 5.91 Å². The van der Waals surface area contributed by atoms with Gasteiger partial charge in [0.15, 0.2) is 6.61 Å². The number of anilines is 2. The lowest BCUT2D eigenvalue weighted by atomic mass is 10.1. The molecule has 1 aromatic heterocycles. The molecule has 3 aromatic rings. The van der Waals surface area contributed by atoms with Crippen LogP contribution in [-0.4, -0.2) is 79.9 Å². The number of aliphatic hydroxyl groups is 1. The van der Waals surface area contributed by atoms with Crippen LogP contribution in [0, 0.1) is 0 Å². The molecule has 1 fully saturated rings. The van der Waals surface area contributed by atoms with Gasteiger partial charge in [-0.05, 0) is 48.7 Å². The smallest absolute Gasteiger partial charge is 0.260 e. The molecule has 0 spiro atoms. The molecular formula is C27H32N4O5. The lowest BCUT2D eigenvalue weighted by Gasteiger charge is -2.23. The van der Waals surface area contributed by atoms with Crippen molar-refractivity contribution in [1.29, 1.82) is 0 Å². The molecule has 190 valence electrons. The van der Waals surface area contributed by atoms with Crippen molar-refractivity contribution in [2.45, 2.75) is 18.9 Å². The van der Waals surface area contributed by atoms with Crippen LogP contribution in [0.15, 0.2) is 54.7 Å². The zero-order valence-electron chi connectivity index (χ0n) is 20.6. The van der Waals surface area contributed by atoms with Crippen molar-refractivity contribution in [3.8, 4) is 5.75 Å². The van der Waals surface area contributed by atoms with Crippen LogP contribution in [0.1, 0.15) is 12.0 Å². The molecule has 1 aliphatic rings. The first-order chi connectivity index (χ1) is 17.5. The van der Waals surface area contributed by atoms with E-state index in [1.807, 2.05) is 18.2 Å². The van der Waals surface area contributed by atoms with Gasteiger partial charge in [0.25, 0.3) is 5.91 Å². The van der Waals surface area contributed by atoms with Crippen molar-refractivity contribution in [3.05, 3.63) is 60.3 Å². The molecule has 2 aromatic carbocycles. The molecule has 2 amide bonds. The molecule has 36 heavy (non-hydrogen) atoms. The van der Waals surface area contributed by atoms with E-state index >= 15 is 0 Å². The molecule has 0 bridgehead atoms. The number of ether oxygens (including phenoxy) is 2. The fraction of sp³-hybridized carbons (Fsp3) is 0.370. The maximum absolute atomic E-state index is 12.8. The van der Waals surface area contributed by atoms with E-state index in [2.05, 4.69) is 27.3 Å². The summed E-state index contributed by atoms with van der Waals surface area (Å²) in [4.78, 5) is 33.0.